The quantitative estimate of drug-likeness (QED) is 0.642. The topological polar surface area (TPSA) is 93.4 Å². The number of hydrogen-bond acceptors (Lipinski definition) is 7. The first-order valence-electron chi connectivity index (χ1n) is 9.02. The third kappa shape index (κ3) is 3.55. The number of likely N-dealkylation sites (tertiary alicyclic amines) is 1. The molecule has 1 fully saturated rings. The van der Waals surface area contributed by atoms with E-state index < -0.39 is 0 Å². The predicted octanol–water partition coefficient (Wildman–Crippen LogP) is 2.72. The summed E-state index contributed by atoms with van der Waals surface area (Å²) in [7, 11) is 1.63. The second kappa shape index (κ2) is 7.61. The lowest BCUT2D eigenvalue weighted by molar-refractivity contribution is -0.127. The van der Waals surface area contributed by atoms with Crippen molar-refractivity contribution in [2.45, 2.75) is 19.3 Å². The highest BCUT2D eigenvalue weighted by Gasteiger charge is 2.20. The SMILES string of the molecule is COc1cccc(-c2noc3ncnc(NCCCN4CCCC4=O)c23)c1. The van der Waals surface area contributed by atoms with Crippen LogP contribution in [0.5, 0.6) is 5.75 Å². The van der Waals surface area contributed by atoms with Crippen LogP contribution < -0.4 is 10.1 Å². The zero-order valence-corrected chi connectivity index (χ0v) is 15.1. The van der Waals surface area contributed by atoms with Gasteiger partial charge >= 0.3 is 0 Å². The van der Waals surface area contributed by atoms with E-state index in [0.29, 0.717) is 30.2 Å². The summed E-state index contributed by atoms with van der Waals surface area (Å²) >= 11 is 0. The van der Waals surface area contributed by atoms with Crippen molar-refractivity contribution >= 4 is 22.8 Å². The summed E-state index contributed by atoms with van der Waals surface area (Å²) in [5.41, 5.74) is 1.97. The number of nitrogens with zero attached hydrogens (tertiary/aromatic N) is 4. The van der Waals surface area contributed by atoms with Crippen LogP contribution in [-0.2, 0) is 4.79 Å². The van der Waals surface area contributed by atoms with E-state index in [2.05, 4.69) is 20.4 Å². The normalized spacial score (nSPS) is 14.1. The van der Waals surface area contributed by atoms with Crippen LogP contribution in [0.4, 0.5) is 5.82 Å². The van der Waals surface area contributed by atoms with Crippen LogP contribution in [0.25, 0.3) is 22.4 Å². The number of ether oxygens (including phenoxy) is 1. The van der Waals surface area contributed by atoms with Crippen molar-refractivity contribution in [1.29, 1.82) is 0 Å². The largest absolute Gasteiger partial charge is 0.497 e. The summed E-state index contributed by atoms with van der Waals surface area (Å²) in [6, 6.07) is 7.61. The number of nitrogens with one attached hydrogen (secondary N) is 1. The molecule has 140 valence electrons. The molecule has 0 bridgehead atoms. The molecule has 1 amide bonds. The van der Waals surface area contributed by atoms with Gasteiger partial charge in [0.25, 0.3) is 5.71 Å². The van der Waals surface area contributed by atoms with Crippen molar-refractivity contribution in [3.63, 3.8) is 0 Å². The average Bonchev–Trinajstić information content (AvgIpc) is 3.32. The lowest BCUT2D eigenvalue weighted by Gasteiger charge is -2.15. The Kier molecular flexibility index (Phi) is 4.86. The number of anilines is 1. The average molecular weight is 367 g/mol. The van der Waals surface area contributed by atoms with Crippen LogP contribution in [-0.4, -0.2) is 52.7 Å². The molecule has 8 heteroatoms. The fraction of sp³-hybridized carbons (Fsp3) is 0.368. The van der Waals surface area contributed by atoms with Gasteiger partial charge in [0.05, 0.1) is 7.11 Å². The Bertz CT molecular complexity index is 955. The minimum absolute atomic E-state index is 0.249. The van der Waals surface area contributed by atoms with Crippen molar-refractivity contribution < 1.29 is 14.1 Å². The molecule has 0 aliphatic carbocycles. The number of hydrogen-bond donors (Lipinski definition) is 1. The molecule has 3 aromatic rings. The van der Waals surface area contributed by atoms with Gasteiger partial charge in [0.15, 0.2) is 0 Å². The van der Waals surface area contributed by atoms with Gasteiger partial charge in [-0.2, -0.15) is 4.98 Å². The van der Waals surface area contributed by atoms with E-state index in [1.54, 1.807) is 7.11 Å². The molecular formula is C19H21N5O3. The zero-order chi connectivity index (χ0) is 18.6. The number of carbonyl (C=O) groups is 1. The molecule has 0 spiro atoms. The van der Waals surface area contributed by atoms with Crippen molar-refractivity contribution in [2.24, 2.45) is 0 Å². The van der Waals surface area contributed by atoms with E-state index >= 15 is 0 Å². The number of carbonyl (C=O) groups excluding carboxylic acids is 1. The maximum absolute atomic E-state index is 11.7. The Balaban J connectivity index is 1.52. The van der Waals surface area contributed by atoms with Crippen molar-refractivity contribution in [2.75, 3.05) is 32.1 Å². The second-order valence-corrected chi connectivity index (χ2v) is 6.43. The first-order valence-corrected chi connectivity index (χ1v) is 9.02. The van der Waals surface area contributed by atoms with Gasteiger partial charge in [-0.15, -0.1) is 0 Å². The van der Waals surface area contributed by atoms with E-state index in [1.165, 1.54) is 6.33 Å². The van der Waals surface area contributed by atoms with Gasteiger partial charge in [0.2, 0.25) is 5.91 Å². The Labute approximate surface area is 156 Å². The van der Waals surface area contributed by atoms with Crippen LogP contribution >= 0.6 is 0 Å². The highest BCUT2D eigenvalue weighted by molar-refractivity contribution is 5.97. The Morgan fingerprint density at radius 3 is 3.07 bits per heavy atom. The van der Waals surface area contributed by atoms with Crippen molar-refractivity contribution in [3.05, 3.63) is 30.6 Å². The lowest BCUT2D eigenvalue weighted by atomic mass is 10.1. The molecular weight excluding hydrogens is 346 g/mol. The van der Waals surface area contributed by atoms with Crippen LogP contribution in [0.3, 0.4) is 0 Å². The maximum atomic E-state index is 11.7. The minimum Gasteiger partial charge on any atom is -0.497 e. The zero-order valence-electron chi connectivity index (χ0n) is 15.1. The molecule has 1 aliphatic heterocycles. The second-order valence-electron chi connectivity index (χ2n) is 6.43. The van der Waals surface area contributed by atoms with E-state index in [-0.39, 0.29) is 5.91 Å². The smallest absolute Gasteiger partial charge is 0.263 e. The van der Waals surface area contributed by atoms with Crippen molar-refractivity contribution in [3.8, 4) is 17.0 Å². The summed E-state index contributed by atoms with van der Waals surface area (Å²) in [5, 5.41) is 8.25. The summed E-state index contributed by atoms with van der Waals surface area (Å²) in [6.07, 6.45) is 3.93. The van der Waals surface area contributed by atoms with Gasteiger partial charge in [-0.3, -0.25) is 4.79 Å². The van der Waals surface area contributed by atoms with E-state index in [0.717, 1.165) is 42.6 Å². The van der Waals surface area contributed by atoms with Gasteiger partial charge in [-0.1, -0.05) is 17.3 Å². The highest BCUT2D eigenvalue weighted by atomic mass is 16.5. The Morgan fingerprint density at radius 1 is 1.33 bits per heavy atom. The molecule has 0 radical (unpaired) electrons. The van der Waals surface area contributed by atoms with E-state index in [1.807, 2.05) is 29.2 Å². The van der Waals surface area contributed by atoms with Gasteiger partial charge in [-0.05, 0) is 25.0 Å². The molecule has 1 N–H and O–H groups in total. The third-order valence-corrected chi connectivity index (χ3v) is 4.68. The number of amides is 1. The highest BCUT2D eigenvalue weighted by Crippen LogP contribution is 2.32. The molecule has 0 unspecified atom stereocenters. The van der Waals surface area contributed by atoms with Gasteiger partial charge in [-0.25, -0.2) is 4.98 Å². The van der Waals surface area contributed by atoms with E-state index in [9.17, 15) is 4.79 Å². The molecule has 8 nitrogen and oxygen atoms in total. The van der Waals surface area contributed by atoms with Crippen LogP contribution in [0.2, 0.25) is 0 Å². The van der Waals surface area contributed by atoms with Crippen LogP contribution in [0.1, 0.15) is 19.3 Å². The summed E-state index contributed by atoms with van der Waals surface area (Å²) < 4.78 is 10.7. The molecule has 1 saturated heterocycles. The standard InChI is InChI=1S/C19H21N5O3/c1-26-14-6-2-5-13(11-14)17-16-18(21-12-22-19(16)27-23-17)20-8-4-10-24-9-3-7-15(24)25/h2,5-6,11-12H,3-4,7-10H2,1H3,(H,20,21,22). The predicted molar refractivity (Wildman–Crippen MR) is 101 cm³/mol. The molecule has 3 heterocycles. The third-order valence-electron chi connectivity index (χ3n) is 4.68. The fourth-order valence-electron chi connectivity index (χ4n) is 3.31. The molecule has 1 aromatic carbocycles. The Hall–Kier alpha value is -3.16. The fourth-order valence-corrected chi connectivity index (χ4v) is 3.31. The number of benzene rings is 1. The van der Waals surface area contributed by atoms with E-state index in [4.69, 9.17) is 9.26 Å². The number of rotatable bonds is 7. The van der Waals surface area contributed by atoms with Crippen molar-refractivity contribution in [1.82, 2.24) is 20.0 Å². The molecule has 0 atom stereocenters. The molecule has 27 heavy (non-hydrogen) atoms. The molecule has 2 aromatic heterocycles. The lowest BCUT2D eigenvalue weighted by Crippen LogP contribution is -2.27. The number of fused-ring (bicyclic) bond motifs is 1. The molecule has 0 saturated carbocycles. The first-order chi connectivity index (χ1) is 13.3. The molecule has 4 rings (SSSR count). The minimum atomic E-state index is 0.249. The van der Waals surface area contributed by atoms with Gasteiger partial charge < -0.3 is 19.5 Å². The van der Waals surface area contributed by atoms with Crippen LogP contribution in [0.15, 0.2) is 35.1 Å². The monoisotopic (exact) mass is 367 g/mol. The van der Waals surface area contributed by atoms with Crippen LogP contribution in [0, 0.1) is 0 Å². The maximum Gasteiger partial charge on any atom is 0.263 e. The van der Waals surface area contributed by atoms with Gasteiger partial charge in [0.1, 0.15) is 29.0 Å². The first kappa shape index (κ1) is 17.3. The number of methoxy groups -OCH3 is 1. The summed E-state index contributed by atoms with van der Waals surface area (Å²) in [6.45, 7) is 2.31. The van der Waals surface area contributed by atoms with Gasteiger partial charge in [0, 0.05) is 31.6 Å². The molecule has 1 aliphatic rings. The summed E-state index contributed by atoms with van der Waals surface area (Å²) in [4.78, 5) is 22.1. The summed E-state index contributed by atoms with van der Waals surface area (Å²) in [5.74, 6) is 1.66. The Morgan fingerprint density at radius 2 is 2.26 bits per heavy atom. The number of aromatic nitrogens is 3.